The molecule has 1 amide bonds. The Kier molecular flexibility index (Phi) is 8.86. The second-order valence-electron chi connectivity index (χ2n) is 12.8. The molecule has 0 spiro atoms. The Labute approximate surface area is 269 Å². The van der Waals surface area contributed by atoms with Gasteiger partial charge in [0, 0.05) is 71.1 Å². The molecular weight excluding hydrogens is 586 g/mol. The summed E-state index contributed by atoms with van der Waals surface area (Å²) >= 11 is 0. The van der Waals surface area contributed by atoms with E-state index in [9.17, 15) is 13.6 Å². The molecule has 0 saturated carbocycles. The van der Waals surface area contributed by atoms with Gasteiger partial charge >= 0.3 is 0 Å². The number of amides is 1. The lowest BCUT2D eigenvalue weighted by Crippen LogP contribution is -2.52. The Balaban J connectivity index is 1.06. The number of likely N-dealkylation sites (N-methyl/N-ethyl adjacent to an activating group) is 1. The first-order chi connectivity index (χ1) is 22.5. The van der Waals surface area contributed by atoms with Crippen LogP contribution in [0, 0.1) is 11.6 Å². The molecular formula is C35H42F2N8O. The second-order valence-corrected chi connectivity index (χ2v) is 12.8. The number of carbonyl (C=O) groups is 1. The number of benzene rings is 2. The number of carbonyl (C=O) groups excluding carboxylic acids is 1. The number of fused-ring (bicyclic) bond motifs is 3. The van der Waals surface area contributed by atoms with Crippen molar-refractivity contribution in [3.63, 3.8) is 0 Å². The molecule has 0 unspecified atom stereocenters. The molecule has 3 heterocycles. The first-order valence-electron chi connectivity index (χ1n) is 16.5. The van der Waals surface area contributed by atoms with Crippen LogP contribution in [0.2, 0.25) is 0 Å². The minimum Gasteiger partial charge on any atom is -0.369 e. The number of nitrogens with zero attached hydrogens (tertiary/aromatic N) is 7. The maximum atomic E-state index is 14.0. The highest BCUT2D eigenvalue weighted by atomic mass is 19.2. The Hall–Kier alpha value is -4.09. The number of rotatable bonds is 8. The molecule has 0 radical (unpaired) electrons. The largest absolute Gasteiger partial charge is 0.369 e. The van der Waals surface area contributed by atoms with E-state index in [-0.39, 0.29) is 5.91 Å². The molecule has 46 heavy (non-hydrogen) atoms. The van der Waals surface area contributed by atoms with Crippen molar-refractivity contribution >= 4 is 11.6 Å². The fourth-order valence-electron chi connectivity index (χ4n) is 7.25. The quantitative estimate of drug-likeness (QED) is 0.319. The zero-order valence-electron chi connectivity index (χ0n) is 26.5. The van der Waals surface area contributed by atoms with E-state index in [2.05, 4.69) is 50.3 Å². The van der Waals surface area contributed by atoms with E-state index < -0.39 is 11.6 Å². The van der Waals surface area contributed by atoms with Crippen LogP contribution in [0.5, 0.6) is 0 Å². The highest BCUT2D eigenvalue weighted by Gasteiger charge is 2.34. The lowest BCUT2D eigenvalue weighted by atomic mass is 9.93. The normalized spacial score (nSPS) is 17.8. The molecule has 2 aliphatic carbocycles. The van der Waals surface area contributed by atoms with Crippen molar-refractivity contribution in [3.05, 3.63) is 88.2 Å². The van der Waals surface area contributed by atoms with Gasteiger partial charge in [-0.15, -0.1) is 5.10 Å². The van der Waals surface area contributed by atoms with Crippen molar-refractivity contribution in [3.8, 4) is 11.4 Å². The molecule has 2 aromatic carbocycles. The molecule has 2 aromatic rings. The third kappa shape index (κ3) is 6.18. The molecule has 9 nitrogen and oxygen atoms in total. The van der Waals surface area contributed by atoms with Crippen LogP contribution >= 0.6 is 0 Å². The summed E-state index contributed by atoms with van der Waals surface area (Å²) in [7, 11) is 2.16. The van der Waals surface area contributed by atoms with E-state index >= 15 is 0 Å². The summed E-state index contributed by atoms with van der Waals surface area (Å²) in [5.41, 5.74) is 7.80. The van der Waals surface area contributed by atoms with Crippen LogP contribution in [0.3, 0.4) is 0 Å². The van der Waals surface area contributed by atoms with E-state index in [4.69, 9.17) is 10.1 Å². The van der Waals surface area contributed by atoms with E-state index in [0.29, 0.717) is 18.5 Å². The van der Waals surface area contributed by atoms with Crippen molar-refractivity contribution in [1.82, 2.24) is 30.0 Å². The molecule has 1 N–H and O–H groups in total. The number of nitrogens with one attached hydrogen (secondary N) is 1. The van der Waals surface area contributed by atoms with Gasteiger partial charge in [-0.25, -0.2) is 13.8 Å². The van der Waals surface area contributed by atoms with Crippen molar-refractivity contribution in [2.75, 3.05) is 75.9 Å². The molecule has 0 aromatic heterocycles. The van der Waals surface area contributed by atoms with Gasteiger partial charge in [-0.05, 0) is 79.6 Å². The summed E-state index contributed by atoms with van der Waals surface area (Å²) in [5, 5.41) is 10.2. The molecule has 242 valence electrons. The topological polar surface area (TPSA) is 72.8 Å². The molecule has 0 bridgehead atoms. The Morgan fingerprint density at radius 3 is 2.43 bits per heavy atom. The smallest absolute Gasteiger partial charge is 0.254 e. The number of hydrogen-bond donors (Lipinski definition) is 1. The lowest BCUT2D eigenvalue weighted by molar-refractivity contribution is 0.0950. The second kappa shape index (κ2) is 13.3. The average Bonchev–Trinajstić information content (AvgIpc) is 3.43. The van der Waals surface area contributed by atoms with Gasteiger partial charge in [-0.1, -0.05) is 24.3 Å². The summed E-state index contributed by atoms with van der Waals surface area (Å²) in [5.74, 6) is -1.69. The van der Waals surface area contributed by atoms with Gasteiger partial charge in [-0.2, -0.15) is 4.79 Å². The van der Waals surface area contributed by atoms with Gasteiger partial charge in [0.1, 0.15) is 17.7 Å². The van der Waals surface area contributed by atoms with Crippen LogP contribution in [0.25, 0.3) is 11.4 Å². The van der Waals surface area contributed by atoms with Crippen molar-refractivity contribution in [2.24, 2.45) is 0 Å². The third-order valence-electron chi connectivity index (χ3n) is 9.88. The average molecular weight is 629 g/mol. The fraction of sp³-hybridized carbons (Fsp3) is 0.457. The summed E-state index contributed by atoms with van der Waals surface area (Å²) in [4.78, 5) is 27.8. The van der Waals surface area contributed by atoms with Gasteiger partial charge < -0.3 is 15.1 Å². The predicted molar refractivity (Wildman–Crippen MR) is 175 cm³/mol. The molecule has 2 saturated heterocycles. The van der Waals surface area contributed by atoms with E-state index in [1.54, 1.807) is 12.4 Å². The molecule has 2 fully saturated rings. The first kappa shape index (κ1) is 30.6. The molecule has 11 heteroatoms. The summed E-state index contributed by atoms with van der Waals surface area (Å²) < 4.78 is 27.0. The fourth-order valence-corrected chi connectivity index (χ4v) is 7.25. The van der Waals surface area contributed by atoms with Crippen LogP contribution in [0.15, 0.2) is 48.8 Å². The maximum absolute atomic E-state index is 14.0. The van der Waals surface area contributed by atoms with Crippen LogP contribution < -0.4 is 15.2 Å². The minimum absolute atomic E-state index is 0.0753. The Morgan fingerprint density at radius 1 is 0.891 bits per heavy atom. The number of para-hydroxylation sites is 1. The van der Waals surface area contributed by atoms with E-state index in [1.165, 1.54) is 23.4 Å². The molecule has 3 aliphatic heterocycles. The number of anilines is 1. The van der Waals surface area contributed by atoms with E-state index in [1.807, 2.05) is 10.9 Å². The summed E-state index contributed by atoms with van der Waals surface area (Å²) in [6.07, 6.45) is 6.15. The van der Waals surface area contributed by atoms with Gasteiger partial charge in [0.15, 0.2) is 11.6 Å². The molecule has 0 atom stereocenters. The van der Waals surface area contributed by atoms with Crippen LogP contribution in [-0.4, -0.2) is 96.5 Å². The number of aromatic nitrogens is 3. The lowest BCUT2D eigenvalue weighted by Gasteiger charge is -2.37. The van der Waals surface area contributed by atoms with Crippen molar-refractivity contribution in [1.29, 1.82) is 0 Å². The Morgan fingerprint density at radius 2 is 1.65 bits per heavy atom. The van der Waals surface area contributed by atoms with Gasteiger partial charge in [0.25, 0.3) is 5.91 Å². The zero-order valence-corrected chi connectivity index (χ0v) is 26.5. The number of piperazine rings is 2. The van der Waals surface area contributed by atoms with Crippen molar-refractivity contribution < 1.29 is 13.6 Å². The van der Waals surface area contributed by atoms with Crippen LogP contribution in [0.4, 0.5) is 14.5 Å². The third-order valence-corrected chi connectivity index (χ3v) is 9.88. The zero-order chi connectivity index (χ0) is 31.6. The van der Waals surface area contributed by atoms with Crippen LogP contribution in [-0.2, 0) is 25.8 Å². The summed E-state index contributed by atoms with van der Waals surface area (Å²) in [6.45, 7) is 8.41. The standard InChI is InChI=1S/C35H42F2N8O/c1-41-14-18-43(19-15-41)31-9-5-2-6-26(31)23-38-35(46)32-27-7-3-4-8-28(27)34-33(32)39-24-40-45(34)44-20-16-42(17-21-44)13-12-25-10-11-29(36)30(37)22-25/h2,5-6,9-11,22,24H,3-4,7-8,12-21,23H2,1H3,(H,38,46). The number of hydrogen-bond acceptors (Lipinski definition) is 7. The predicted octanol–water partition coefficient (Wildman–Crippen LogP) is 3.72. The van der Waals surface area contributed by atoms with Gasteiger partial charge in [0.05, 0.1) is 5.56 Å². The molecule has 7 rings (SSSR count). The summed E-state index contributed by atoms with van der Waals surface area (Å²) in [6, 6.07) is 12.5. The number of halogens is 2. The highest BCUT2D eigenvalue weighted by Crippen LogP contribution is 2.39. The maximum Gasteiger partial charge on any atom is 0.254 e. The highest BCUT2D eigenvalue weighted by molar-refractivity contribution is 6.04. The van der Waals surface area contributed by atoms with E-state index in [0.717, 1.165) is 113 Å². The molecule has 5 aliphatic rings. The van der Waals surface area contributed by atoms with Crippen LogP contribution in [0.1, 0.15) is 45.5 Å². The monoisotopic (exact) mass is 628 g/mol. The van der Waals surface area contributed by atoms with Crippen molar-refractivity contribution in [2.45, 2.75) is 38.6 Å². The SMILES string of the molecule is CN1CCN(c2ccccc2CNC(=O)c2c3ncnn(N4CCN(CCc5ccc(F)c(F)c5)CC4)c-3c3c2CCCC3)CC1. The minimum atomic E-state index is -0.813. The van der Waals surface area contributed by atoms with Gasteiger partial charge in [0.2, 0.25) is 0 Å². The van der Waals surface area contributed by atoms with Gasteiger partial charge in [-0.3, -0.25) is 14.7 Å². The first-order valence-corrected chi connectivity index (χ1v) is 16.5. The Bertz CT molecular complexity index is 1660.